The molecule has 2 N–H and O–H groups in total. The van der Waals surface area contributed by atoms with Crippen molar-refractivity contribution in [2.24, 2.45) is 0 Å². The Hall–Kier alpha value is -4.06. The Morgan fingerprint density at radius 3 is 2.56 bits per heavy atom. The second kappa shape index (κ2) is 12.0. The molecular weight excluding hydrogens is 402 g/mol. The number of nitrogens with one attached hydrogen (secondary N) is 1. The van der Waals surface area contributed by atoms with E-state index in [1.54, 1.807) is 42.6 Å². The van der Waals surface area contributed by atoms with E-state index in [4.69, 9.17) is 4.74 Å². The number of hydrogen-bond acceptors (Lipinski definition) is 5. The fraction of sp³-hybridized carbons (Fsp3) is 0.154. The van der Waals surface area contributed by atoms with E-state index in [2.05, 4.69) is 30.0 Å². The highest BCUT2D eigenvalue weighted by Crippen LogP contribution is 2.28. The minimum absolute atomic E-state index is 0.126. The van der Waals surface area contributed by atoms with E-state index in [1.807, 2.05) is 31.3 Å². The first-order valence-electron chi connectivity index (χ1n) is 10.1. The number of phenolic OH excluding ortho intramolecular Hbond substituents is 1. The molecule has 0 fully saturated rings. The van der Waals surface area contributed by atoms with Crippen LogP contribution in [-0.4, -0.2) is 41.5 Å². The van der Waals surface area contributed by atoms with Gasteiger partial charge in [0.2, 0.25) is 0 Å². The summed E-state index contributed by atoms with van der Waals surface area (Å²) in [4.78, 5) is 18.8. The summed E-state index contributed by atoms with van der Waals surface area (Å²) in [6.07, 6.45) is 11.1. The number of aromatic nitrogens is 1. The minimum Gasteiger partial charge on any atom is -0.507 e. The third kappa shape index (κ3) is 7.02. The van der Waals surface area contributed by atoms with Crippen LogP contribution in [0.1, 0.15) is 22.5 Å². The molecule has 1 heterocycles. The Bertz CT molecular complexity index is 1050. The van der Waals surface area contributed by atoms with Crippen molar-refractivity contribution in [3.05, 3.63) is 104 Å². The fourth-order valence-corrected chi connectivity index (χ4v) is 2.85. The third-order valence-electron chi connectivity index (χ3n) is 4.39. The van der Waals surface area contributed by atoms with Gasteiger partial charge in [0.1, 0.15) is 17.2 Å². The Labute approximate surface area is 189 Å². The lowest BCUT2D eigenvalue weighted by atomic mass is 10.1. The molecule has 0 aliphatic rings. The van der Waals surface area contributed by atoms with Crippen molar-refractivity contribution in [1.82, 2.24) is 15.2 Å². The summed E-state index contributed by atoms with van der Waals surface area (Å²) in [5.74, 6) is 0.441. The van der Waals surface area contributed by atoms with Crippen LogP contribution in [0.15, 0.2) is 92.3 Å². The van der Waals surface area contributed by atoms with Crippen LogP contribution in [0, 0.1) is 0 Å². The predicted octanol–water partition coefficient (Wildman–Crippen LogP) is 5.09. The number of rotatable bonds is 11. The Morgan fingerprint density at radius 2 is 1.91 bits per heavy atom. The molecule has 6 heteroatoms. The Balaban J connectivity index is 2.16. The second-order valence-corrected chi connectivity index (χ2v) is 7.10. The molecule has 0 unspecified atom stereocenters. The summed E-state index contributed by atoms with van der Waals surface area (Å²) < 4.78 is 5.92. The first-order valence-corrected chi connectivity index (χ1v) is 10.1. The SMILES string of the molecule is C=C/C=C(\C=C)CCNC(=O)c1cc(Oc2ccnc(/C(C=C)=C/N(C)C)c2)ccc1O. The number of hydrogen-bond donors (Lipinski definition) is 2. The lowest BCUT2D eigenvalue weighted by molar-refractivity contribution is 0.0951. The van der Waals surface area contributed by atoms with Gasteiger partial charge in [0.25, 0.3) is 5.91 Å². The summed E-state index contributed by atoms with van der Waals surface area (Å²) in [5.41, 5.74) is 2.63. The highest BCUT2D eigenvalue weighted by atomic mass is 16.5. The Morgan fingerprint density at radius 1 is 1.16 bits per heavy atom. The van der Waals surface area contributed by atoms with E-state index in [9.17, 15) is 9.90 Å². The predicted molar refractivity (Wildman–Crippen MR) is 130 cm³/mol. The molecule has 2 aromatic rings. The number of phenols is 1. The molecule has 0 saturated heterocycles. The minimum atomic E-state index is -0.395. The maximum Gasteiger partial charge on any atom is 0.255 e. The molecule has 1 amide bonds. The quantitative estimate of drug-likeness (QED) is 0.485. The van der Waals surface area contributed by atoms with Gasteiger partial charge in [-0.3, -0.25) is 9.78 Å². The monoisotopic (exact) mass is 431 g/mol. The lowest BCUT2D eigenvalue weighted by Gasteiger charge is -2.12. The molecule has 0 atom stereocenters. The van der Waals surface area contributed by atoms with E-state index in [-0.39, 0.29) is 11.3 Å². The number of aromatic hydroxyl groups is 1. The zero-order chi connectivity index (χ0) is 23.5. The van der Waals surface area contributed by atoms with E-state index in [0.717, 1.165) is 11.1 Å². The average Bonchev–Trinajstić information content (AvgIpc) is 2.78. The van der Waals surface area contributed by atoms with Crippen LogP contribution in [0.3, 0.4) is 0 Å². The zero-order valence-electron chi connectivity index (χ0n) is 18.5. The summed E-state index contributed by atoms with van der Waals surface area (Å²) in [6, 6.07) is 8.03. The molecule has 0 aliphatic carbocycles. The number of allylic oxidation sites excluding steroid dienone is 5. The summed E-state index contributed by atoms with van der Waals surface area (Å²) in [6.45, 7) is 11.6. The van der Waals surface area contributed by atoms with Crippen LogP contribution >= 0.6 is 0 Å². The van der Waals surface area contributed by atoms with Gasteiger partial charge in [-0.05, 0) is 36.3 Å². The molecule has 2 rings (SSSR count). The first kappa shape index (κ1) is 24.2. The van der Waals surface area contributed by atoms with Gasteiger partial charge >= 0.3 is 0 Å². The molecule has 0 spiro atoms. The number of carbonyl (C=O) groups is 1. The first-order chi connectivity index (χ1) is 15.4. The highest BCUT2D eigenvalue weighted by Gasteiger charge is 2.13. The smallest absolute Gasteiger partial charge is 0.255 e. The van der Waals surface area contributed by atoms with Crippen molar-refractivity contribution in [3.8, 4) is 17.2 Å². The van der Waals surface area contributed by atoms with Crippen LogP contribution in [0.2, 0.25) is 0 Å². The average molecular weight is 432 g/mol. The molecule has 0 saturated carbocycles. The highest BCUT2D eigenvalue weighted by molar-refractivity contribution is 5.97. The van der Waals surface area contributed by atoms with Gasteiger partial charge in [0.05, 0.1) is 11.3 Å². The van der Waals surface area contributed by atoms with Crippen molar-refractivity contribution in [2.45, 2.75) is 6.42 Å². The third-order valence-corrected chi connectivity index (χ3v) is 4.39. The number of nitrogens with zero attached hydrogens (tertiary/aromatic N) is 2. The van der Waals surface area contributed by atoms with E-state index >= 15 is 0 Å². The van der Waals surface area contributed by atoms with E-state index in [0.29, 0.717) is 30.2 Å². The molecule has 1 aromatic carbocycles. The summed E-state index contributed by atoms with van der Waals surface area (Å²) in [7, 11) is 3.83. The van der Waals surface area contributed by atoms with Crippen molar-refractivity contribution in [2.75, 3.05) is 20.6 Å². The topological polar surface area (TPSA) is 74.7 Å². The standard InChI is InChI=1S/C26H29N3O3/c1-6-9-19(7-2)12-14-28-26(31)23-16-21(10-11-25(23)30)32-22-13-15-27-24(17-22)20(8-3)18-29(4)5/h6-11,13,15-18,30H,1-3,12,14H2,4-5H3,(H,28,31)/b19-9+,20-18+. The van der Waals surface area contributed by atoms with Gasteiger partial charge in [0, 0.05) is 44.7 Å². The lowest BCUT2D eigenvalue weighted by Crippen LogP contribution is -2.24. The van der Waals surface area contributed by atoms with E-state index in [1.165, 1.54) is 12.1 Å². The number of benzene rings is 1. The van der Waals surface area contributed by atoms with E-state index < -0.39 is 5.91 Å². The number of amides is 1. The molecule has 32 heavy (non-hydrogen) atoms. The largest absolute Gasteiger partial charge is 0.507 e. The molecule has 0 bridgehead atoms. The van der Waals surface area contributed by atoms with Crippen LogP contribution in [-0.2, 0) is 0 Å². The molecular formula is C26H29N3O3. The van der Waals surface area contributed by atoms with Gasteiger partial charge < -0.3 is 20.1 Å². The maximum atomic E-state index is 12.6. The van der Waals surface area contributed by atoms with Gasteiger partial charge in [-0.15, -0.1) is 0 Å². The van der Waals surface area contributed by atoms with Crippen LogP contribution in [0.5, 0.6) is 17.2 Å². The molecule has 0 aliphatic heterocycles. The maximum absolute atomic E-state index is 12.6. The zero-order valence-corrected chi connectivity index (χ0v) is 18.5. The summed E-state index contributed by atoms with van der Waals surface area (Å²) in [5, 5.41) is 12.9. The number of carbonyl (C=O) groups excluding carboxylic acids is 1. The van der Waals surface area contributed by atoms with Gasteiger partial charge in [-0.25, -0.2) is 0 Å². The molecule has 0 radical (unpaired) electrons. The van der Waals surface area contributed by atoms with Gasteiger partial charge in [-0.2, -0.15) is 0 Å². The van der Waals surface area contributed by atoms with Gasteiger partial charge in [0.15, 0.2) is 0 Å². The van der Waals surface area contributed by atoms with Crippen molar-refractivity contribution in [3.63, 3.8) is 0 Å². The molecule has 166 valence electrons. The normalized spacial score (nSPS) is 11.4. The van der Waals surface area contributed by atoms with Crippen LogP contribution < -0.4 is 10.1 Å². The molecule has 1 aromatic heterocycles. The van der Waals surface area contributed by atoms with Crippen molar-refractivity contribution in [1.29, 1.82) is 0 Å². The van der Waals surface area contributed by atoms with Crippen LogP contribution in [0.25, 0.3) is 5.57 Å². The number of pyridine rings is 1. The van der Waals surface area contributed by atoms with Crippen molar-refractivity contribution < 1.29 is 14.6 Å². The van der Waals surface area contributed by atoms with Crippen molar-refractivity contribution >= 4 is 11.5 Å². The number of ether oxygens (including phenoxy) is 1. The van der Waals surface area contributed by atoms with Gasteiger partial charge in [-0.1, -0.05) is 44.0 Å². The fourth-order valence-electron chi connectivity index (χ4n) is 2.85. The molecule has 6 nitrogen and oxygen atoms in total. The Kier molecular flexibility index (Phi) is 9.05. The second-order valence-electron chi connectivity index (χ2n) is 7.10. The van der Waals surface area contributed by atoms with Crippen LogP contribution in [0.4, 0.5) is 0 Å². The summed E-state index contributed by atoms with van der Waals surface area (Å²) >= 11 is 0.